The van der Waals surface area contributed by atoms with Crippen LogP contribution in [0.2, 0.25) is 0 Å². The Morgan fingerprint density at radius 1 is 1.37 bits per heavy atom. The van der Waals surface area contributed by atoms with Gasteiger partial charge in [-0.1, -0.05) is 19.1 Å². The van der Waals surface area contributed by atoms with Crippen LogP contribution in [-0.4, -0.2) is 22.1 Å². The molecule has 0 fully saturated rings. The van der Waals surface area contributed by atoms with Gasteiger partial charge < -0.3 is 5.32 Å². The van der Waals surface area contributed by atoms with Gasteiger partial charge in [-0.3, -0.25) is 9.36 Å². The Kier molecular flexibility index (Phi) is 4.68. The zero-order chi connectivity index (χ0) is 13.7. The molecule has 1 N–H and O–H groups in total. The average molecular weight is 259 g/mol. The third kappa shape index (κ3) is 3.41. The molecule has 1 atom stereocenters. The summed E-state index contributed by atoms with van der Waals surface area (Å²) in [4.78, 5) is 16.6. The van der Waals surface area contributed by atoms with Gasteiger partial charge in [0.15, 0.2) is 0 Å². The van der Waals surface area contributed by atoms with Gasteiger partial charge in [-0.05, 0) is 38.4 Å². The van der Waals surface area contributed by atoms with E-state index in [0.29, 0.717) is 18.0 Å². The molecule has 1 unspecified atom stereocenters. The van der Waals surface area contributed by atoms with Gasteiger partial charge in [0.1, 0.15) is 0 Å². The fraction of sp³-hybridized carbons (Fsp3) is 0.467. The quantitative estimate of drug-likeness (QED) is 0.865. The summed E-state index contributed by atoms with van der Waals surface area (Å²) in [6.07, 6.45) is 3.71. The van der Waals surface area contributed by atoms with Crippen molar-refractivity contribution in [3.8, 4) is 0 Å². The molecule has 1 aromatic heterocycles. The van der Waals surface area contributed by atoms with E-state index in [4.69, 9.17) is 0 Å². The molecule has 2 aromatic rings. The highest BCUT2D eigenvalue weighted by atomic mass is 16.1. The van der Waals surface area contributed by atoms with E-state index in [9.17, 15) is 4.79 Å². The topological polar surface area (TPSA) is 46.9 Å². The molecule has 19 heavy (non-hydrogen) atoms. The maximum Gasteiger partial charge on any atom is 0.261 e. The van der Waals surface area contributed by atoms with E-state index >= 15 is 0 Å². The number of aromatic nitrogens is 2. The Labute approximate surface area is 113 Å². The van der Waals surface area contributed by atoms with Crippen molar-refractivity contribution < 1.29 is 0 Å². The van der Waals surface area contributed by atoms with E-state index in [1.54, 1.807) is 10.9 Å². The Balaban J connectivity index is 2.09. The van der Waals surface area contributed by atoms with Crippen LogP contribution in [0.1, 0.15) is 26.7 Å². The highest BCUT2D eigenvalue weighted by Crippen LogP contribution is 2.05. The molecule has 1 aromatic carbocycles. The van der Waals surface area contributed by atoms with Crippen molar-refractivity contribution in [2.75, 3.05) is 6.54 Å². The van der Waals surface area contributed by atoms with E-state index < -0.39 is 0 Å². The number of para-hydroxylation sites is 1. The molecule has 0 radical (unpaired) electrons. The zero-order valence-corrected chi connectivity index (χ0v) is 11.6. The van der Waals surface area contributed by atoms with Crippen LogP contribution in [0, 0.1) is 0 Å². The minimum Gasteiger partial charge on any atom is -0.314 e. The van der Waals surface area contributed by atoms with Crippen LogP contribution < -0.4 is 10.9 Å². The molecule has 0 aliphatic carbocycles. The smallest absolute Gasteiger partial charge is 0.261 e. The van der Waals surface area contributed by atoms with Crippen molar-refractivity contribution >= 4 is 10.9 Å². The number of benzene rings is 1. The van der Waals surface area contributed by atoms with Gasteiger partial charge in [-0.2, -0.15) is 0 Å². The summed E-state index contributed by atoms with van der Waals surface area (Å²) in [5, 5.41) is 4.12. The van der Waals surface area contributed by atoms with Gasteiger partial charge in [0.2, 0.25) is 0 Å². The molecule has 2 rings (SSSR count). The summed E-state index contributed by atoms with van der Waals surface area (Å²) in [6.45, 7) is 6.02. The lowest BCUT2D eigenvalue weighted by Gasteiger charge is -2.14. The van der Waals surface area contributed by atoms with Crippen LogP contribution in [0.15, 0.2) is 35.4 Å². The number of hydrogen-bond donors (Lipinski definition) is 1. The molecule has 0 saturated carbocycles. The molecular formula is C15H21N3O. The van der Waals surface area contributed by atoms with Crippen molar-refractivity contribution in [2.24, 2.45) is 0 Å². The normalized spacial score (nSPS) is 12.7. The number of nitrogens with one attached hydrogen (secondary N) is 1. The van der Waals surface area contributed by atoms with Crippen LogP contribution in [-0.2, 0) is 6.54 Å². The Morgan fingerprint density at radius 3 is 2.95 bits per heavy atom. The van der Waals surface area contributed by atoms with E-state index in [2.05, 4.69) is 24.1 Å². The molecule has 0 aliphatic rings. The minimum atomic E-state index is 0.0493. The highest BCUT2D eigenvalue weighted by Gasteiger charge is 2.05. The van der Waals surface area contributed by atoms with Gasteiger partial charge >= 0.3 is 0 Å². The Hall–Kier alpha value is -1.68. The number of fused-ring (bicyclic) bond motifs is 1. The first-order valence-corrected chi connectivity index (χ1v) is 6.90. The summed E-state index contributed by atoms with van der Waals surface area (Å²) >= 11 is 0. The molecule has 0 saturated heterocycles. The van der Waals surface area contributed by atoms with E-state index in [1.165, 1.54) is 0 Å². The van der Waals surface area contributed by atoms with Gasteiger partial charge in [0.25, 0.3) is 5.56 Å². The minimum absolute atomic E-state index is 0.0493. The van der Waals surface area contributed by atoms with Crippen LogP contribution in [0.4, 0.5) is 0 Å². The third-order valence-electron chi connectivity index (χ3n) is 3.28. The van der Waals surface area contributed by atoms with Crippen molar-refractivity contribution in [2.45, 2.75) is 39.3 Å². The molecule has 4 heteroatoms. The van der Waals surface area contributed by atoms with E-state index in [0.717, 1.165) is 24.9 Å². The number of rotatable bonds is 6. The zero-order valence-electron chi connectivity index (χ0n) is 11.6. The highest BCUT2D eigenvalue weighted by molar-refractivity contribution is 5.76. The summed E-state index contributed by atoms with van der Waals surface area (Å²) in [5.74, 6) is 0. The first kappa shape index (κ1) is 13.7. The number of hydrogen-bond acceptors (Lipinski definition) is 3. The predicted molar refractivity (Wildman–Crippen MR) is 78.4 cm³/mol. The van der Waals surface area contributed by atoms with Crippen LogP contribution >= 0.6 is 0 Å². The predicted octanol–water partition coefficient (Wildman–Crippen LogP) is 2.17. The van der Waals surface area contributed by atoms with Crippen molar-refractivity contribution in [1.29, 1.82) is 0 Å². The Morgan fingerprint density at radius 2 is 2.16 bits per heavy atom. The lowest BCUT2D eigenvalue weighted by atomic mass is 10.2. The second-order valence-electron chi connectivity index (χ2n) is 4.90. The van der Waals surface area contributed by atoms with Crippen molar-refractivity contribution in [3.63, 3.8) is 0 Å². The second-order valence-corrected chi connectivity index (χ2v) is 4.90. The first-order valence-electron chi connectivity index (χ1n) is 6.90. The van der Waals surface area contributed by atoms with Crippen LogP contribution in [0.3, 0.4) is 0 Å². The number of nitrogens with zero attached hydrogens (tertiary/aromatic N) is 2. The first-order chi connectivity index (χ1) is 9.22. The van der Waals surface area contributed by atoms with Gasteiger partial charge in [0.05, 0.1) is 17.2 Å². The molecule has 102 valence electrons. The summed E-state index contributed by atoms with van der Waals surface area (Å²) in [6, 6.07) is 7.89. The largest absolute Gasteiger partial charge is 0.314 e. The van der Waals surface area contributed by atoms with Crippen LogP contribution in [0.25, 0.3) is 10.9 Å². The fourth-order valence-corrected chi connectivity index (χ4v) is 2.09. The summed E-state index contributed by atoms with van der Waals surface area (Å²) < 4.78 is 1.70. The van der Waals surface area contributed by atoms with E-state index in [1.807, 2.05) is 24.3 Å². The molecule has 4 nitrogen and oxygen atoms in total. The summed E-state index contributed by atoms with van der Waals surface area (Å²) in [7, 11) is 0. The molecule has 0 amide bonds. The SMILES string of the molecule is CCCNC(C)CCn1cnc2ccccc2c1=O. The molecule has 0 aliphatic heterocycles. The molecular weight excluding hydrogens is 238 g/mol. The lowest BCUT2D eigenvalue weighted by Crippen LogP contribution is -2.30. The lowest BCUT2D eigenvalue weighted by molar-refractivity contribution is 0.470. The van der Waals surface area contributed by atoms with E-state index in [-0.39, 0.29) is 5.56 Å². The monoisotopic (exact) mass is 259 g/mol. The average Bonchev–Trinajstić information content (AvgIpc) is 2.44. The maximum atomic E-state index is 12.3. The van der Waals surface area contributed by atoms with Gasteiger partial charge in [0, 0.05) is 12.6 Å². The third-order valence-corrected chi connectivity index (χ3v) is 3.28. The van der Waals surface area contributed by atoms with Gasteiger partial charge in [-0.15, -0.1) is 0 Å². The molecule has 0 bridgehead atoms. The molecule has 0 spiro atoms. The standard InChI is InChI=1S/C15H21N3O/c1-3-9-16-12(2)8-10-18-11-17-14-7-5-4-6-13(14)15(18)19/h4-7,11-12,16H,3,8-10H2,1-2H3. The molecule has 1 heterocycles. The maximum absolute atomic E-state index is 12.3. The van der Waals surface area contributed by atoms with Crippen molar-refractivity contribution in [3.05, 3.63) is 40.9 Å². The Bertz CT molecular complexity index is 591. The van der Waals surface area contributed by atoms with Crippen LogP contribution in [0.5, 0.6) is 0 Å². The van der Waals surface area contributed by atoms with Crippen molar-refractivity contribution in [1.82, 2.24) is 14.9 Å². The summed E-state index contributed by atoms with van der Waals surface area (Å²) in [5.41, 5.74) is 0.814. The number of aryl methyl sites for hydroxylation is 1. The van der Waals surface area contributed by atoms with Gasteiger partial charge in [-0.25, -0.2) is 4.98 Å². The second kappa shape index (κ2) is 6.48. The fourth-order valence-electron chi connectivity index (χ4n) is 2.09.